The number of phenols is 3. The van der Waals surface area contributed by atoms with Crippen molar-refractivity contribution in [3.05, 3.63) is 82.9 Å². The van der Waals surface area contributed by atoms with E-state index in [2.05, 4.69) is 16.7 Å². The Kier molecular flexibility index (Phi) is 12.6. The molecule has 1 aliphatic heterocycles. The van der Waals surface area contributed by atoms with Gasteiger partial charge in [0.25, 0.3) is 0 Å². The number of rotatable bonds is 7. The van der Waals surface area contributed by atoms with Crippen LogP contribution in [0.2, 0.25) is 0 Å². The van der Waals surface area contributed by atoms with Gasteiger partial charge in [-0.25, -0.2) is 0 Å². The number of aryl methyl sites for hydroxylation is 1. The highest BCUT2D eigenvalue weighted by Gasteiger charge is 2.35. The van der Waals surface area contributed by atoms with Gasteiger partial charge in [-0.1, -0.05) is 58.7 Å². The summed E-state index contributed by atoms with van der Waals surface area (Å²) in [6.45, 7) is 0. The van der Waals surface area contributed by atoms with E-state index in [-0.39, 0.29) is 41.4 Å². The summed E-state index contributed by atoms with van der Waals surface area (Å²) in [4.78, 5) is 13.8. The van der Waals surface area contributed by atoms with Crippen molar-refractivity contribution in [2.75, 3.05) is 27.0 Å². The van der Waals surface area contributed by atoms with Crippen LogP contribution in [0, 0.1) is 0 Å². The topological polar surface area (TPSA) is 141 Å². The highest BCUT2D eigenvalue weighted by atomic mass is 33.1. The molecule has 3 atom stereocenters. The van der Waals surface area contributed by atoms with Crippen LogP contribution in [0.5, 0.6) is 23.0 Å². The van der Waals surface area contributed by atoms with E-state index in [4.69, 9.17) is 9.47 Å². The number of aliphatic hydroxyl groups excluding tert-OH is 1. The number of methoxy groups -OCH3 is 1. The molecule has 52 heavy (non-hydrogen) atoms. The molecule has 1 heterocycles. The number of ketones is 1. The van der Waals surface area contributed by atoms with Crippen molar-refractivity contribution < 1.29 is 34.7 Å². The predicted molar refractivity (Wildman–Crippen MR) is 210 cm³/mol. The molecule has 6 N–H and O–H groups in total. The van der Waals surface area contributed by atoms with E-state index in [1.165, 1.54) is 7.11 Å². The molecular weight excluding hydrogens is 697 g/mol. The molecule has 0 spiro atoms. The first-order valence-electron chi connectivity index (χ1n) is 18.1. The Bertz CT molecular complexity index is 1880. The van der Waals surface area contributed by atoms with Gasteiger partial charge in [-0.3, -0.25) is 10.1 Å². The summed E-state index contributed by atoms with van der Waals surface area (Å²) in [6.07, 6.45) is 4.30. The Morgan fingerprint density at radius 2 is 1.69 bits per heavy atom. The van der Waals surface area contributed by atoms with Crippen LogP contribution >= 0.6 is 21.6 Å². The highest BCUT2D eigenvalue weighted by Crippen LogP contribution is 2.46. The van der Waals surface area contributed by atoms with Crippen molar-refractivity contribution in [1.82, 2.24) is 10.6 Å². The number of ether oxygens (including phenoxy) is 2. The molecule has 278 valence electrons. The molecule has 4 aromatic carbocycles. The SMILES string of the molecule is CNC(OC1CCC(O)CSSCc2c(ccc3ccc(O)cc23)-c2c(ccc(O)c2OC)CCC(=O)C1)c1cc(O)cc(C2(NC)CCCC2)c1. The van der Waals surface area contributed by atoms with Gasteiger partial charge in [-0.15, -0.1) is 0 Å². The number of hydrogen-bond acceptors (Lipinski definition) is 11. The van der Waals surface area contributed by atoms with Gasteiger partial charge in [0.2, 0.25) is 0 Å². The van der Waals surface area contributed by atoms with Gasteiger partial charge in [0.05, 0.1) is 19.3 Å². The number of hydrogen-bond donors (Lipinski definition) is 6. The van der Waals surface area contributed by atoms with E-state index < -0.39 is 18.4 Å². The Morgan fingerprint density at radius 1 is 0.904 bits per heavy atom. The van der Waals surface area contributed by atoms with Crippen molar-refractivity contribution in [2.24, 2.45) is 0 Å². The van der Waals surface area contributed by atoms with E-state index in [1.807, 2.05) is 37.4 Å². The average molecular weight is 747 g/mol. The van der Waals surface area contributed by atoms with E-state index in [9.17, 15) is 25.2 Å². The number of Topliss-reactive ketones (excluding diaryl/α,β-unsaturated/α-hetero) is 1. The fraction of sp³-hybridized carbons (Fsp3) is 0.439. The lowest BCUT2D eigenvalue weighted by atomic mass is 9.87. The molecule has 1 saturated carbocycles. The largest absolute Gasteiger partial charge is 0.508 e. The molecule has 0 saturated heterocycles. The lowest BCUT2D eigenvalue weighted by molar-refractivity contribution is -0.124. The second-order valence-corrected chi connectivity index (χ2v) is 16.5. The fourth-order valence-electron chi connectivity index (χ4n) is 7.85. The van der Waals surface area contributed by atoms with Crippen molar-refractivity contribution >= 4 is 38.1 Å². The van der Waals surface area contributed by atoms with Crippen LogP contribution in [0.15, 0.2) is 60.7 Å². The predicted octanol–water partition coefficient (Wildman–Crippen LogP) is 7.85. The number of aliphatic hydroxyl groups is 1. The summed E-state index contributed by atoms with van der Waals surface area (Å²) < 4.78 is 12.4. The first kappa shape index (κ1) is 38.3. The smallest absolute Gasteiger partial charge is 0.168 e. The Labute approximate surface area is 313 Å². The second-order valence-electron chi connectivity index (χ2n) is 13.9. The fourth-order valence-corrected chi connectivity index (χ4v) is 10.1. The molecule has 11 heteroatoms. The number of fused-ring (bicyclic) bond motifs is 5. The van der Waals surface area contributed by atoms with Crippen molar-refractivity contribution in [3.8, 4) is 34.1 Å². The average Bonchev–Trinajstić information content (AvgIpc) is 3.64. The van der Waals surface area contributed by atoms with E-state index in [0.29, 0.717) is 36.5 Å². The summed E-state index contributed by atoms with van der Waals surface area (Å²) in [5.74, 6) is 1.74. The molecule has 0 amide bonds. The van der Waals surface area contributed by atoms with Gasteiger partial charge in [-0.2, -0.15) is 0 Å². The number of aromatic hydroxyl groups is 3. The molecule has 0 radical (unpaired) electrons. The lowest BCUT2D eigenvalue weighted by Crippen LogP contribution is -2.37. The van der Waals surface area contributed by atoms with Gasteiger partial charge in [-0.05, 0) is 121 Å². The van der Waals surface area contributed by atoms with Crippen LogP contribution < -0.4 is 15.4 Å². The minimum absolute atomic E-state index is 0.00401. The second kappa shape index (κ2) is 17.1. The Morgan fingerprint density at radius 3 is 2.44 bits per heavy atom. The molecule has 1 aliphatic carbocycles. The monoisotopic (exact) mass is 746 g/mol. The molecule has 6 rings (SSSR count). The molecule has 0 aromatic heterocycles. The van der Waals surface area contributed by atoms with Crippen LogP contribution in [0.1, 0.15) is 79.8 Å². The number of benzene rings is 4. The third kappa shape index (κ3) is 8.51. The summed E-state index contributed by atoms with van der Waals surface area (Å²) in [5.41, 5.74) is 5.02. The Balaban J connectivity index is 1.31. The third-order valence-electron chi connectivity index (χ3n) is 10.6. The molecule has 4 aromatic rings. The standard InChI is InChI=1S/C41H50N2O7S2/c1-42-40(27-18-28(20-32(47)19-27)41(43-2)16-4-5-17-41)50-33-13-12-31(46)23-51-52-24-36-34(14-8-25-6-10-30(45)22-35(25)36)38-26(7-11-29(44)21-33)9-15-37(48)39(38)49-3/h6,8-10,14-15,18-20,22,31,33,40,42-43,45-48H,4-5,7,11-13,16-17,21,23-24H2,1-3H3. The lowest BCUT2D eigenvalue weighted by Gasteiger charge is -2.31. The zero-order valence-electron chi connectivity index (χ0n) is 30.1. The maximum Gasteiger partial charge on any atom is 0.168 e. The molecule has 2 aliphatic rings. The normalized spacial score (nSPS) is 20.7. The minimum atomic E-state index is -0.612. The van der Waals surface area contributed by atoms with Gasteiger partial charge in [0.15, 0.2) is 11.5 Å². The van der Waals surface area contributed by atoms with Gasteiger partial charge in [0.1, 0.15) is 23.5 Å². The van der Waals surface area contributed by atoms with Gasteiger partial charge in [0, 0.05) is 35.4 Å². The molecule has 0 bridgehead atoms. The van der Waals surface area contributed by atoms with E-state index in [0.717, 1.165) is 69.8 Å². The number of phenolic OH excluding ortho intramolecular Hbond substituents is 3. The minimum Gasteiger partial charge on any atom is -0.508 e. The number of carbonyl (C=O) groups is 1. The van der Waals surface area contributed by atoms with Gasteiger partial charge < -0.3 is 35.2 Å². The number of carbonyl (C=O) groups excluding carboxylic acids is 1. The molecule has 1 fully saturated rings. The number of nitrogens with one attached hydrogen (secondary N) is 2. The third-order valence-corrected chi connectivity index (χ3v) is 13.0. The quantitative estimate of drug-likeness (QED) is 0.0814. The molecule has 3 unspecified atom stereocenters. The zero-order valence-corrected chi connectivity index (χ0v) is 31.7. The molecule has 9 nitrogen and oxygen atoms in total. The van der Waals surface area contributed by atoms with Crippen molar-refractivity contribution in [3.63, 3.8) is 0 Å². The van der Waals surface area contributed by atoms with Crippen LogP contribution in [0.3, 0.4) is 0 Å². The first-order valence-corrected chi connectivity index (χ1v) is 20.6. The van der Waals surface area contributed by atoms with Crippen LogP contribution in [0.4, 0.5) is 0 Å². The van der Waals surface area contributed by atoms with E-state index >= 15 is 0 Å². The summed E-state index contributed by atoms with van der Waals surface area (Å²) in [7, 11) is 8.50. The van der Waals surface area contributed by atoms with Crippen LogP contribution in [0.25, 0.3) is 21.9 Å². The van der Waals surface area contributed by atoms with Gasteiger partial charge >= 0.3 is 0 Å². The summed E-state index contributed by atoms with van der Waals surface area (Å²) >= 11 is 0. The van der Waals surface area contributed by atoms with Crippen LogP contribution in [-0.2, 0) is 27.2 Å². The summed E-state index contributed by atoms with van der Waals surface area (Å²) in [6, 6.07) is 18.4. The highest BCUT2D eigenvalue weighted by molar-refractivity contribution is 8.76. The van der Waals surface area contributed by atoms with Crippen molar-refractivity contribution in [1.29, 1.82) is 0 Å². The maximum atomic E-state index is 13.8. The van der Waals surface area contributed by atoms with E-state index in [1.54, 1.807) is 52.9 Å². The van der Waals surface area contributed by atoms with Crippen LogP contribution in [-0.4, -0.2) is 65.4 Å². The molecular formula is C41H50N2O7S2. The zero-order chi connectivity index (χ0) is 36.8. The first-order chi connectivity index (χ1) is 25.1. The maximum absolute atomic E-state index is 13.8. The summed E-state index contributed by atoms with van der Waals surface area (Å²) in [5, 5.41) is 51.9. The van der Waals surface area contributed by atoms with Crippen molar-refractivity contribution in [2.45, 2.75) is 87.5 Å². The Hall–Kier alpha value is -3.45.